The molecule has 1 saturated heterocycles. The van der Waals surface area contributed by atoms with Crippen LogP contribution in [0.1, 0.15) is 5.69 Å². The molecule has 1 N–H and O–H groups in total. The fourth-order valence-corrected chi connectivity index (χ4v) is 2.65. The van der Waals surface area contributed by atoms with Gasteiger partial charge in [0.25, 0.3) is 0 Å². The summed E-state index contributed by atoms with van der Waals surface area (Å²) in [5.74, 6) is -0.167. The average molecular weight is 353 g/mol. The van der Waals surface area contributed by atoms with Crippen molar-refractivity contribution in [1.29, 1.82) is 0 Å². The summed E-state index contributed by atoms with van der Waals surface area (Å²) in [4.78, 5) is 27.8. The smallest absolute Gasteiger partial charge is 0.242 e. The number of rotatable bonds is 4. The largest absolute Gasteiger partial charge is 0.356 e. The van der Waals surface area contributed by atoms with Crippen LogP contribution in [0.4, 0.5) is 0 Å². The molecule has 0 spiro atoms. The van der Waals surface area contributed by atoms with Crippen molar-refractivity contribution >= 4 is 35.2 Å². The van der Waals surface area contributed by atoms with Crippen LogP contribution < -0.4 is 5.32 Å². The highest BCUT2D eigenvalue weighted by Gasteiger charge is 2.21. The number of para-hydroxylation sites is 1. The number of hydrogen-bond acceptors (Lipinski definition) is 5. The molecular weight excluding hydrogens is 332 g/mol. The van der Waals surface area contributed by atoms with E-state index in [1.165, 1.54) is 4.90 Å². The van der Waals surface area contributed by atoms with Crippen LogP contribution in [-0.4, -0.2) is 66.5 Å². The van der Waals surface area contributed by atoms with Crippen LogP contribution >= 0.6 is 12.4 Å². The number of halogens is 1. The van der Waals surface area contributed by atoms with Crippen molar-refractivity contribution < 1.29 is 14.1 Å². The molecule has 1 aromatic carbocycles. The van der Waals surface area contributed by atoms with Crippen molar-refractivity contribution in [1.82, 2.24) is 20.3 Å². The second-order valence-electron chi connectivity index (χ2n) is 5.68. The van der Waals surface area contributed by atoms with E-state index in [9.17, 15) is 9.59 Å². The van der Waals surface area contributed by atoms with Crippen molar-refractivity contribution in [3.63, 3.8) is 0 Å². The predicted octanol–water partition coefficient (Wildman–Crippen LogP) is 0.682. The minimum absolute atomic E-state index is 0. The Hall–Kier alpha value is -2.12. The van der Waals surface area contributed by atoms with E-state index in [2.05, 4.69) is 10.5 Å². The number of nitrogens with one attached hydrogen (secondary N) is 1. The number of amides is 2. The lowest BCUT2D eigenvalue weighted by Crippen LogP contribution is -2.49. The lowest BCUT2D eigenvalue weighted by atomic mass is 10.1. The Morgan fingerprint density at radius 3 is 2.75 bits per heavy atom. The summed E-state index contributed by atoms with van der Waals surface area (Å²) in [6, 6.07) is 7.43. The molecule has 24 heavy (non-hydrogen) atoms. The molecule has 130 valence electrons. The number of hydrogen-bond donors (Lipinski definition) is 1. The van der Waals surface area contributed by atoms with Gasteiger partial charge in [-0.05, 0) is 12.1 Å². The van der Waals surface area contributed by atoms with Crippen LogP contribution in [0, 0.1) is 0 Å². The second kappa shape index (κ2) is 8.12. The van der Waals surface area contributed by atoms with Crippen molar-refractivity contribution in [2.24, 2.45) is 0 Å². The van der Waals surface area contributed by atoms with Gasteiger partial charge in [0, 0.05) is 38.6 Å². The summed E-state index contributed by atoms with van der Waals surface area (Å²) in [7, 11) is 1.64. The first-order valence-corrected chi connectivity index (χ1v) is 7.71. The lowest BCUT2D eigenvalue weighted by molar-refractivity contribution is -0.139. The number of nitrogens with zero attached hydrogens (tertiary/aromatic N) is 3. The van der Waals surface area contributed by atoms with Crippen LogP contribution in [-0.2, 0) is 16.0 Å². The number of aromatic nitrogens is 1. The summed E-state index contributed by atoms with van der Waals surface area (Å²) in [5.41, 5.74) is 1.27. The maximum atomic E-state index is 12.3. The Balaban J connectivity index is 0.00000208. The molecule has 0 saturated carbocycles. The minimum Gasteiger partial charge on any atom is -0.356 e. The standard InChI is InChI=1S/C16H20N4O3.ClH/c1-19(11-16(22)20-8-6-17-7-9-20)15(21)10-13-12-4-2-3-5-14(12)23-18-13;/h2-5,17H,6-11H2,1H3;1H. The van der Waals surface area contributed by atoms with Crippen LogP contribution in [0.5, 0.6) is 0 Å². The maximum absolute atomic E-state index is 12.3. The molecule has 0 aliphatic carbocycles. The third-order valence-electron chi connectivity index (χ3n) is 4.04. The van der Waals surface area contributed by atoms with Crippen molar-refractivity contribution in [2.45, 2.75) is 6.42 Å². The first-order chi connectivity index (χ1) is 11.1. The third-order valence-corrected chi connectivity index (χ3v) is 4.04. The zero-order valence-corrected chi connectivity index (χ0v) is 14.3. The normalized spacial score (nSPS) is 14.3. The number of likely N-dealkylation sites (N-methyl/N-ethyl adjacent to an activating group) is 1. The molecule has 3 rings (SSSR count). The summed E-state index contributed by atoms with van der Waals surface area (Å²) in [6.45, 7) is 3.07. The van der Waals surface area contributed by atoms with Crippen LogP contribution in [0.3, 0.4) is 0 Å². The Morgan fingerprint density at radius 1 is 1.29 bits per heavy atom. The topological polar surface area (TPSA) is 78.7 Å². The summed E-state index contributed by atoms with van der Waals surface area (Å²) in [5, 5.41) is 8.00. The van der Waals surface area contributed by atoms with E-state index in [0.717, 1.165) is 18.5 Å². The summed E-state index contributed by atoms with van der Waals surface area (Å²) >= 11 is 0. The lowest BCUT2D eigenvalue weighted by Gasteiger charge is -2.29. The van der Waals surface area contributed by atoms with E-state index in [1.807, 2.05) is 24.3 Å². The molecule has 1 aliphatic rings. The molecule has 2 heterocycles. The number of piperazine rings is 1. The number of carbonyl (C=O) groups is 2. The molecule has 0 unspecified atom stereocenters. The molecule has 0 bridgehead atoms. The molecule has 8 heteroatoms. The Labute approximate surface area is 146 Å². The Morgan fingerprint density at radius 2 is 2.00 bits per heavy atom. The fourth-order valence-electron chi connectivity index (χ4n) is 2.65. The van der Waals surface area contributed by atoms with E-state index in [-0.39, 0.29) is 37.2 Å². The van der Waals surface area contributed by atoms with Crippen molar-refractivity contribution in [3.8, 4) is 0 Å². The van der Waals surface area contributed by atoms with Gasteiger partial charge >= 0.3 is 0 Å². The Bertz CT molecular complexity index is 712. The van der Waals surface area contributed by atoms with Gasteiger partial charge in [-0.25, -0.2) is 0 Å². The first kappa shape index (κ1) is 18.2. The van der Waals surface area contributed by atoms with Gasteiger partial charge in [-0.15, -0.1) is 12.4 Å². The third kappa shape index (κ3) is 4.04. The quantitative estimate of drug-likeness (QED) is 0.875. The van der Waals surface area contributed by atoms with E-state index < -0.39 is 0 Å². The SMILES string of the molecule is CN(CC(=O)N1CCNCC1)C(=O)Cc1noc2ccccc12.Cl. The van der Waals surface area contributed by atoms with Gasteiger partial charge in [-0.2, -0.15) is 0 Å². The minimum atomic E-state index is -0.146. The fraction of sp³-hybridized carbons (Fsp3) is 0.438. The van der Waals surface area contributed by atoms with Gasteiger partial charge in [0.15, 0.2) is 5.58 Å². The zero-order valence-electron chi connectivity index (χ0n) is 13.5. The Kier molecular flexibility index (Phi) is 6.16. The van der Waals surface area contributed by atoms with Gasteiger partial charge in [0.2, 0.25) is 11.8 Å². The predicted molar refractivity (Wildman–Crippen MR) is 92.0 cm³/mol. The van der Waals surface area contributed by atoms with Gasteiger partial charge < -0.3 is 19.6 Å². The second-order valence-corrected chi connectivity index (χ2v) is 5.68. The van der Waals surface area contributed by atoms with E-state index in [0.29, 0.717) is 24.4 Å². The van der Waals surface area contributed by atoms with Crippen LogP contribution in [0.25, 0.3) is 11.0 Å². The molecule has 0 radical (unpaired) electrons. The van der Waals surface area contributed by atoms with Gasteiger partial charge in [-0.1, -0.05) is 17.3 Å². The highest BCUT2D eigenvalue weighted by molar-refractivity contribution is 5.89. The highest BCUT2D eigenvalue weighted by atomic mass is 35.5. The average Bonchev–Trinajstić information content (AvgIpc) is 2.98. The maximum Gasteiger partial charge on any atom is 0.242 e. The van der Waals surface area contributed by atoms with E-state index in [1.54, 1.807) is 11.9 Å². The molecule has 1 fully saturated rings. The first-order valence-electron chi connectivity index (χ1n) is 7.71. The zero-order chi connectivity index (χ0) is 16.2. The van der Waals surface area contributed by atoms with E-state index >= 15 is 0 Å². The van der Waals surface area contributed by atoms with Crippen LogP contribution in [0.2, 0.25) is 0 Å². The van der Waals surface area contributed by atoms with Gasteiger partial charge in [0.1, 0.15) is 5.69 Å². The molecule has 0 atom stereocenters. The van der Waals surface area contributed by atoms with Crippen molar-refractivity contribution in [3.05, 3.63) is 30.0 Å². The molecule has 1 aliphatic heterocycles. The molecule has 2 aromatic rings. The van der Waals surface area contributed by atoms with E-state index in [4.69, 9.17) is 4.52 Å². The number of fused-ring (bicyclic) bond motifs is 1. The van der Waals surface area contributed by atoms with Crippen molar-refractivity contribution in [2.75, 3.05) is 39.8 Å². The monoisotopic (exact) mass is 352 g/mol. The molecule has 7 nitrogen and oxygen atoms in total. The van der Waals surface area contributed by atoms with Gasteiger partial charge in [0.05, 0.1) is 13.0 Å². The molecule has 2 amide bonds. The molecule has 1 aromatic heterocycles. The highest BCUT2D eigenvalue weighted by Crippen LogP contribution is 2.18. The number of carbonyl (C=O) groups excluding carboxylic acids is 2. The number of benzene rings is 1. The van der Waals surface area contributed by atoms with Crippen LogP contribution in [0.15, 0.2) is 28.8 Å². The summed E-state index contributed by atoms with van der Waals surface area (Å²) in [6.07, 6.45) is 0.127. The molecular formula is C16H21ClN4O3. The van der Waals surface area contributed by atoms with Gasteiger partial charge in [-0.3, -0.25) is 9.59 Å². The summed E-state index contributed by atoms with van der Waals surface area (Å²) < 4.78 is 5.20.